The van der Waals surface area contributed by atoms with E-state index in [0.29, 0.717) is 0 Å². The first-order valence-corrected chi connectivity index (χ1v) is 7.04. The maximum Gasteiger partial charge on any atom is 0.138 e. The van der Waals surface area contributed by atoms with Crippen LogP contribution in [0.25, 0.3) is 10.2 Å². The Morgan fingerprint density at radius 2 is 2.26 bits per heavy atom. The molecule has 1 N–H and O–H groups in total. The Morgan fingerprint density at radius 3 is 3.05 bits per heavy atom. The standard InChI is InChI=1S/C14H14N4S/c1-2-11-6-12-13(17-9-18-14(12)19-11)16-8-10-4-3-5-15-7-10/h3-7,9H,2,8H2,1H3,(H,16,17,18). The molecule has 0 aliphatic rings. The van der Waals surface area contributed by atoms with Gasteiger partial charge in [-0.2, -0.15) is 0 Å². The highest BCUT2D eigenvalue weighted by atomic mass is 32.1. The molecule has 3 aromatic heterocycles. The number of pyridine rings is 1. The van der Waals surface area contributed by atoms with Crippen LogP contribution in [0, 0.1) is 0 Å². The summed E-state index contributed by atoms with van der Waals surface area (Å²) in [4.78, 5) is 15.1. The van der Waals surface area contributed by atoms with Crippen LogP contribution in [0.4, 0.5) is 5.82 Å². The highest BCUT2D eigenvalue weighted by molar-refractivity contribution is 7.18. The summed E-state index contributed by atoms with van der Waals surface area (Å²) in [6, 6.07) is 6.15. The molecule has 5 heteroatoms. The van der Waals surface area contributed by atoms with Crippen molar-refractivity contribution in [1.82, 2.24) is 15.0 Å². The summed E-state index contributed by atoms with van der Waals surface area (Å²) in [5.41, 5.74) is 1.14. The van der Waals surface area contributed by atoms with Gasteiger partial charge in [0.15, 0.2) is 0 Å². The lowest BCUT2D eigenvalue weighted by molar-refractivity contribution is 1.08. The predicted octanol–water partition coefficient (Wildman–Crippen LogP) is 3.26. The number of rotatable bonds is 4. The van der Waals surface area contributed by atoms with Crippen molar-refractivity contribution in [2.24, 2.45) is 0 Å². The van der Waals surface area contributed by atoms with E-state index in [0.717, 1.165) is 34.6 Å². The number of hydrogen-bond donors (Lipinski definition) is 1. The Morgan fingerprint density at radius 1 is 1.32 bits per heavy atom. The number of hydrogen-bond acceptors (Lipinski definition) is 5. The summed E-state index contributed by atoms with van der Waals surface area (Å²) in [7, 11) is 0. The molecule has 4 nitrogen and oxygen atoms in total. The molecule has 0 spiro atoms. The molecule has 0 saturated carbocycles. The van der Waals surface area contributed by atoms with Gasteiger partial charge in [-0.1, -0.05) is 13.0 Å². The van der Waals surface area contributed by atoms with E-state index in [9.17, 15) is 0 Å². The fourth-order valence-corrected chi connectivity index (χ4v) is 2.84. The third kappa shape index (κ3) is 2.56. The Balaban J connectivity index is 1.86. The summed E-state index contributed by atoms with van der Waals surface area (Å²) < 4.78 is 0. The molecule has 96 valence electrons. The first-order chi connectivity index (χ1) is 9.36. The van der Waals surface area contributed by atoms with E-state index in [1.165, 1.54) is 4.88 Å². The minimum atomic E-state index is 0.720. The van der Waals surface area contributed by atoms with Crippen LogP contribution >= 0.6 is 11.3 Å². The maximum absolute atomic E-state index is 4.33. The summed E-state index contributed by atoms with van der Waals surface area (Å²) >= 11 is 1.73. The summed E-state index contributed by atoms with van der Waals surface area (Å²) in [6.45, 7) is 2.87. The number of fused-ring (bicyclic) bond motifs is 1. The molecule has 0 aliphatic heterocycles. The van der Waals surface area contributed by atoms with E-state index < -0.39 is 0 Å². The van der Waals surface area contributed by atoms with Gasteiger partial charge in [0, 0.05) is 23.8 Å². The van der Waals surface area contributed by atoms with Gasteiger partial charge in [-0.05, 0) is 24.1 Å². The molecule has 0 amide bonds. The van der Waals surface area contributed by atoms with Gasteiger partial charge < -0.3 is 5.32 Å². The Kier molecular flexibility index (Phi) is 3.37. The molecule has 0 saturated heterocycles. The highest BCUT2D eigenvalue weighted by Gasteiger charge is 2.07. The molecular weight excluding hydrogens is 256 g/mol. The van der Waals surface area contributed by atoms with Gasteiger partial charge in [-0.3, -0.25) is 4.98 Å². The summed E-state index contributed by atoms with van der Waals surface area (Å²) in [5.74, 6) is 0.893. The minimum Gasteiger partial charge on any atom is -0.365 e. The lowest BCUT2D eigenvalue weighted by Crippen LogP contribution is -2.02. The Hall–Kier alpha value is -2.01. The number of aryl methyl sites for hydroxylation is 1. The Bertz CT molecular complexity index is 678. The predicted molar refractivity (Wildman–Crippen MR) is 78.4 cm³/mol. The zero-order chi connectivity index (χ0) is 13.1. The van der Waals surface area contributed by atoms with Crippen molar-refractivity contribution in [3.8, 4) is 0 Å². The molecule has 19 heavy (non-hydrogen) atoms. The van der Waals surface area contributed by atoms with Crippen molar-refractivity contribution in [2.45, 2.75) is 19.9 Å². The molecule has 0 fully saturated rings. The topological polar surface area (TPSA) is 50.7 Å². The number of thiophene rings is 1. The quantitative estimate of drug-likeness (QED) is 0.790. The number of anilines is 1. The monoisotopic (exact) mass is 270 g/mol. The van der Waals surface area contributed by atoms with Crippen molar-refractivity contribution >= 4 is 27.4 Å². The minimum absolute atomic E-state index is 0.720. The second-order valence-corrected chi connectivity index (χ2v) is 5.34. The average molecular weight is 270 g/mol. The zero-order valence-electron chi connectivity index (χ0n) is 10.6. The van der Waals surface area contributed by atoms with Gasteiger partial charge in [0.25, 0.3) is 0 Å². The van der Waals surface area contributed by atoms with Gasteiger partial charge in [0.1, 0.15) is 17.0 Å². The third-order valence-corrected chi connectivity index (χ3v) is 4.10. The summed E-state index contributed by atoms with van der Waals surface area (Å²) in [6.07, 6.45) is 6.28. The highest BCUT2D eigenvalue weighted by Crippen LogP contribution is 2.28. The van der Waals surface area contributed by atoms with Crippen molar-refractivity contribution in [2.75, 3.05) is 5.32 Å². The fraction of sp³-hybridized carbons (Fsp3) is 0.214. The molecule has 0 atom stereocenters. The van der Waals surface area contributed by atoms with E-state index in [1.807, 2.05) is 18.3 Å². The lowest BCUT2D eigenvalue weighted by Gasteiger charge is -2.05. The molecule has 0 aromatic carbocycles. The maximum atomic E-state index is 4.33. The van der Waals surface area contributed by atoms with Crippen molar-refractivity contribution < 1.29 is 0 Å². The first kappa shape index (κ1) is 12.0. The molecule has 0 unspecified atom stereocenters. The summed E-state index contributed by atoms with van der Waals surface area (Å²) in [5, 5.41) is 4.46. The normalized spacial score (nSPS) is 10.8. The third-order valence-electron chi connectivity index (χ3n) is 2.91. The van der Waals surface area contributed by atoms with Crippen LogP contribution in [0.2, 0.25) is 0 Å². The second kappa shape index (κ2) is 5.32. The molecule has 0 aliphatic carbocycles. The first-order valence-electron chi connectivity index (χ1n) is 6.23. The lowest BCUT2D eigenvalue weighted by atomic mass is 10.2. The second-order valence-electron chi connectivity index (χ2n) is 4.22. The molecule has 3 aromatic rings. The SMILES string of the molecule is CCc1cc2c(NCc3cccnc3)ncnc2s1. The van der Waals surface area contributed by atoms with Gasteiger partial charge in [0.05, 0.1) is 5.39 Å². The smallest absolute Gasteiger partial charge is 0.138 e. The van der Waals surface area contributed by atoms with E-state index in [4.69, 9.17) is 0 Å². The van der Waals surface area contributed by atoms with E-state index in [1.54, 1.807) is 23.9 Å². The van der Waals surface area contributed by atoms with Crippen LogP contribution < -0.4 is 5.32 Å². The molecule has 0 radical (unpaired) electrons. The van der Waals surface area contributed by atoms with Crippen LogP contribution in [-0.2, 0) is 13.0 Å². The molecule has 3 rings (SSSR count). The van der Waals surface area contributed by atoms with Crippen LogP contribution in [0.1, 0.15) is 17.4 Å². The largest absolute Gasteiger partial charge is 0.365 e. The van der Waals surface area contributed by atoms with Gasteiger partial charge in [0.2, 0.25) is 0 Å². The van der Waals surface area contributed by atoms with Gasteiger partial charge in [-0.25, -0.2) is 9.97 Å². The van der Waals surface area contributed by atoms with Crippen molar-refractivity contribution in [1.29, 1.82) is 0 Å². The van der Waals surface area contributed by atoms with Gasteiger partial charge >= 0.3 is 0 Å². The fourth-order valence-electron chi connectivity index (χ4n) is 1.91. The van der Waals surface area contributed by atoms with E-state index in [-0.39, 0.29) is 0 Å². The number of aromatic nitrogens is 3. The van der Waals surface area contributed by atoms with Crippen LogP contribution in [-0.4, -0.2) is 15.0 Å². The average Bonchev–Trinajstić information content (AvgIpc) is 2.90. The van der Waals surface area contributed by atoms with Crippen molar-refractivity contribution in [3.63, 3.8) is 0 Å². The van der Waals surface area contributed by atoms with E-state index in [2.05, 4.69) is 33.3 Å². The van der Waals surface area contributed by atoms with Crippen LogP contribution in [0.3, 0.4) is 0 Å². The molecule has 3 heterocycles. The number of nitrogens with zero attached hydrogens (tertiary/aromatic N) is 3. The molecular formula is C14H14N4S. The van der Waals surface area contributed by atoms with Crippen LogP contribution in [0.5, 0.6) is 0 Å². The van der Waals surface area contributed by atoms with Gasteiger partial charge in [-0.15, -0.1) is 11.3 Å². The molecule has 0 bridgehead atoms. The van der Waals surface area contributed by atoms with E-state index >= 15 is 0 Å². The Labute approximate surface area is 115 Å². The zero-order valence-corrected chi connectivity index (χ0v) is 11.4. The number of nitrogens with one attached hydrogen (secondary N) is 1. The van der Waals surface area contributed by atoms with Crippen molar-refractivity contribution in [3.05, 3.63) is 47.4 Å². The van der Waals surface area contributed by atoms with Crippen LogP contribution in [0.15, 0.2) is 36.9 Å².